The van der Waals surface area contributed by atoms with Crippen LogP contribution in [0.1, 0.15) is 12.5 Å². The van der Waals surface area contributed by atoms with Gasteiger partial charge in [-0.3, -0.25) is 4.79 Å². The largest absolute Gasteiger partial charge is 0.481 e. The number of hydrogen-bond acceptors (Lipinski definition) is 2. The lowest BCUT2D eigenvalue weighted by molar-refractivity contribution is -0.139. The number of benzene rings is 1. The molecule has 74 valence electrons. The van der Waals surface area contributed by atoms with Gasteiger partial charge in [0.25, 0.3) is 0 Å². The quantitative estimate of drug-likeness (QED) is 0.715. The summed E-state index contributed by atoms with van der Waals surface area (Å²) < 4.78 is 0. The zero-order valence-corrected chi connectivity index (χ0v) is 8.03. The van der Waals surface area contributed by atoms with Crippen molar-refractivity contribution in [3.8, 4) is 0 Å². The van der Waals surface area contributed by atoms with Crippen molar-refractivity contribution in [2.45, 2.75) is 13.3 Å². The summed E-state index contributed by atoms with van der Waals surface area (Å²) in [5, 5.41) is 16.2. The summed E-state index contributed by atoms with van der Waals surface area (Å²) in [6.45, 7) is 1.53. The highest BCUT2D eigenvalue weighted by Crippen LogP contribution is 2.10. The molecule has 2 N–H and O–H groups in total. The minimum atomic E-state index is -0.929. The Morgan fingerprint density at radius 2 is 2.00 bits per heavy atom. The van der Waals surface area contributed by atoms with Crippen molar-refractivity contribution in [3.05, 3.63) is 35.9 Å². The second kappa shape index (κ2) is 4.56. The number of aliphatic carboxylic acids is 1. The van der Waals surface area contributed by atoms with E-state index in [-0.39, 0.29) is 5.71 Å². The molecule has 1 aromatic rings. The van der Waals surface area contributed by atoms with Crippen molar-refractivity contribution >= 4 is 11.7 Å². The van der Waals surface area contributed by atoms with Crippen molar-refractivity contribution in [3.63, 3.8) is 0 Å². The summed E-state index contributed by atoms with van der Waals surface area (Å²) >= 11 is 0. The van der Waals surface area contributed by atoms with E-state index in [2.05, 4.69) is 0 Å². The SMILES string of the molecule is CC(=N)C(Cc1ccccc1)C(=O)O. The zero-order valence-electron chi connectivity index (χ0n) is 8.03. The number of rotatable bonds is 4. The summed E-state index contributed by atoms with van der Waals surface area (Å²) in [7, 11) is 0. The fourth-order valence-corrected chi connectivity index (χ4v) is 1.28. The van der Waals surface area contributed by atoms with Crippen molar-refractivity contribution in [1.82, 2.24) is 0 Å². The van der Waals surface area contributed by atoms with Gasteiger partial charge in [-0.05, 0) is 18.9 Å². The standard InChI is InChI=1S/C11H13NO2/c1-8(12)10(11(13)14)7-9-5-3-2-4-6-9/h2-6,10,12H,7H2,1H3,(H,13,14). The van der Waals surface area contributed by atoms with Crippen LogP contribution in [0.5, 0.6) is 0 Å². The van der Waals surface area contributed by atoms with Crippen LogP contribution < -0.4 is 0 Å². The minimum absolute atomic E-state index is 0.196. The van der Waals surface area contributed by atoms with Gasteiger partial charge in [-0.25, -0.2) is 0 Å². The van der Waals surface area contributed by atoms with E-state index in [1.165, 1.54) is 6.92 Å². The summed E-state index contributed by atoms with van der Waals surface area (Å²) in [6, 6.07) is 9.37. The van der Waals surface area contributed by atoms with Crippen LogP contribution in [0, 0.1) is 11.3 Å². The van der Waals surface area contributed by atoms with Gasteiger partial charge in [0.15, 0.2) is 0 Å². The van der Waals surface area contributed by atoms with E-state index in [0.717, 1.165) is 5.56 Å². The third-order valence-electron chi connectivity index (χ3n) is 2.10. The number of carboxylic acids is 1. The summed E-state index contributed by atoms with van der Waals surface area (Å²) in [5.74, 6) is -1.63. The minimum Gasteiger partial charge on any atom is -0.481 e. The molecule has 0 bridgehead atoms. The maximum atomic E-state index is 10.8. The predicted octanol–water partition coefficient (Wildman–Crippen LogP) is 1.97. The Balaban J connectivity index is 2.75. The lowest BCUT2D eigenvalue weighted by Crippen LogP contribution is -2.23. The highest BCUT2D eigenvalue weighted by Gasteiger charge is 2.19. The van der Waals surface area contributed by atoms with Gasteiger partial charge in [-0.15, -0.1) is 0 Å². The van der Waals surface area contributed by atoms with Gasteiger partial charge in [0, 0.05) is 5.71 Å². The monoisotopic (exact) mass is 191 g/mol. The molecule has 1 unspecified atom stereocenters. The molecule has 0 heterocycles. The lowest BCUT2D eigenvalue weighted by Gasteiger charge is -2.10. The predicted molar refractivity (Wildman–Crippen MR) is 54.7 cm³/mol. The van der Waals surface area contributed by atoms with Crippen molar-refractivity contribution in [2.24, 2.45) is 5.92 Å². The molecule has 14 heavy (non-hydrogen) atoms. The number of carbonyl (C=O) groups is 1. The first-order valence-corrected chi connectivity index (χ1v) is 4.43. The van der Waals surface area contributed by atoms with E-state index in [9.17, 15) is 4.79 Å². The molecular weight excluding hydrogens is 178 g/mol. The Bertz CT molecular complexity index is 318. The van der Waals surface area contributed by atoms with Crippen LogP contribution in [0.2, 0.25) is 0 Å². The zero-order chi connectivity index (χ0) is 10.6. The summed E-state index contributed by atoms with van der Waals surface area (Å²) in [5.41, 5.74) is 1.15. The average molecular weight is 191 g/mol. The molecule has 0 saturated carbocycles. The summed E-state index contributed by atoms with van der Waals surface area (Å²) in [4.78, 5) is 10.8. The van der Waals surface area contributed by atoms with Crippen LogP contribution in [0.15, 0.2) is 30.3 Å². The molecule has 0 amide bonds. The third kappa shape index (κ3) is 2.69. The van der Waals surface area contributed by atoms with Crippen molar-refractivity contribution < 1.29 is 9.90 Å². The third-order valence-corrected chi connectivity index (χ3v) is 2.10. The Morgan fingerprint density at radius 1 is 1.43 bits per heavy atom. The molecule has 0 fully saturated rings. The molecule has 1 rings (SSSR count). The van der Waals surface area contributed by atoms with E-state index < -0.39 is 11.9 Å². The molecular formula is C11H13NO2. The normalized spacial score (nSPS) is 12.1. The molecule has 0 radical (unpaired) electrons. The van der Waals surface area contributed by atoms with E-state index in [1.807, 2.05) is 30.3 Å². The molecule has 3 nitrogen and oxygen atoms in total. The molecule has 0 aliphatic heterocycles. The van der Waals surface area contributed by atoms with Crippen LogP contribution in [0.4, 0.5) is 0 Å². The average Bonchev–Trinajstić information content (AvgIpc) is 2.15. The molecule has 0 saturated heterocycles. The highest BCUT2D eigenvalue weighted by atomic mass is 16.4. The van der Waals surface area contributed by atoms with Crippen LogP contribution in [-0.2, 0) is 11.2 Å². The van der Waals surface area contributed by atoms with Gasteiger partial charge in [0.2, 0.25) is 0 Å². The van der Waals surface area contributed by atoms with Crippen molar-refractivity contribution in [2.75, 3.05) is 0 Å². The smallest absolute Gasteiger partial charge is 0.312 e. The fourth-order valence-electron chi connectivity index (χ4n) is 1.28. The molecule has 0 aliphatic rings. The second-order valence-corrected chi connectivity index (χ2v) is 3.26. The van der Waals surface area contributed by atoms with Gasteiger partial charge in [-0.1, -0.05) is 30.3 Å². The fraction of sp³-hybridized carbons (Fsp3) is 0.273. The van der Waals surface area contributed by atoms with Gasteiger partial charge in [0.1, 0.15) is 0 Å². The first kappa shape index (κ1) is 10.4. The van der Waals surface area contributed by atoms with E-state index in [1.54, 1.807) is 0 Å². The molecule has 1 atom stereocenters. The van der Waals surface area contributed by atoms with Crippen LogP contribution in [-0.4, -0.2) is 16.8 Å². The maximum Gasteiger partial charge on any atom is 0.312 e. The molecule has 1 aromatic carbocycles. The Labute approximate surface area is 82.9 Å². The van der Waals surface area contributed by atoms with Crippen LogP contribution in [0.25, 0.3) is 0 Å². The Morgan fingerprint density at radius 3 is 2.43 bits per heavy atom. The maximum absolute atomic E-state index is 10.8. The Kier molecular flexibility index (Phi) is 3.40. The van der Waals surface area contributed by atoms with Gasteiger partial charge in [-0.2, -0.15) is 0 Å². The highest BCUT2D eigenvalue weighted by molar-refractivity contribution is 5.98. The van der Waals surface area contributed by atoms with Crippen LogP contribution in [0.3, 0.4) is 0 Å². The first-order valence-electron chi connectivity index (χ1n) is 4.43. The number of hydrogen-bond donors (Lipinski definition) is 2. The number of carboxylic acid groups (broad SMARTS) is 1. The molecule has 0 aliphatic carbocycles. The second-order valence-electron chi connectivity index (χ2n) is 3.26. The number of nitrogens with one attached hydrogen (secondary N) is 1. The Hall–Kier alpha value is -1.64. The molecule has 0 spiro atoms. The van der Waals surface area contributed by atoms with E-state index >= 15 is 0 Å². The van der Waals surface area contributed by atoms with Crippen molar-refractivity contribution in [1.29, 1.82) is 5.41 Å². The molecule has 3 heteroatoms. The van der Waals surface area contributed by atoms with E-state index in [4.69, 9.17) is 10.5 Å². The first-order chi connectivity index (χ1) is 6.61. The van der Waals surface area contributed by atoms with Crippen LogP contribution >= 0.6 is 0 Å². The summed E-state index contributed by atoms with van der Waals surface area (Å²) in [6.07, 6.45) is 0.394. The molecule has 0 aromatic heterocycles. The van der Waals surface area contributed by atoms with E-state index in [0.29, 0.717) is 6.42 Å². The van der Waals surface area contributed by atoms with Gasteiger partial charge < -0.3 is 10.5 Å². The van der Waals surface area contributed by atoms with Gasteiger partial charge >= 0.3 is 5.97 Å². The van der Waals surface area contributed by atoms with Gasteiger partial charge in [0.05, 0.1) is 5.92 Å². The topological polar surface area (TPSA) is 61.2 Å². The lowest BCUT2D eigenvalue weighted by atomic mass is 9.96.